The van der Waals surface area contributed by atoms with Gasteiger partial charge in [0.05, 0.1) is 9.85 Å². The average molecular weight is 409 g/mol. The van der Waals surface area contributed by atoms with Gasteiger partial charge in [0.25, 0.3) is 5.69 Å². The van der Waals surface area contributed by atoms with Crippen LogP contribution in [0.1, 0.15) is 5.56 Å². The minimum absolute atomic E-state index is 0.0794. The molecule has 0 atom stereocenters. The van der Waals surface area contributed by atoms with Gasteiger partial charge in [-0.1, -0.05) is 30.3 Å². The number of anilines is 3. The number of benzene rings is 1. The number of nitro groups is 2. The Balaban J connectivity index is 1.56. The van der Waals surface area contributed by atoms with E-state index in [0.29, 0.717) is 31.3 Å². The van der Waals surface area contributed by atoms with E-state index in [-0.39, 0.29) is 17.2 Å². The van der Waals surface area contributed by atoms with E-state index in [1.807, 2.05) is 30.3 Å². The van der Waals surface area contributed by atoms with Crippen molar-refractivity contribution in [2.75, 3.05) is 29.0 Å². The predicted octanol–water partition coefficient (Wildman–Crippen LogP) is 3.43. The highest BCUT2D eigenvalue weighted by atomic mass is 16.6. The van der Waals surface area contributed by atoms with Crippen molar-refractivity contribution in [1.29, 1.82) is 0 Å². The lowest BCUT2D eigenvalue weighted by Gasteiger charge is -2.10. The van der Waals surface area contributed by atoms with Crippen LogP contribution in [0.15, 0.2) is 60.8 Å². The summed E-state index contributed by atoms with van der Waals surface area (Å²) in [5.74, 6) is 1.16. The van der Waals surface area contributed by atoms with Gasteiger partial charge in [0, 0.05) is 31.8 Å². The van der Waals surface area contributed by atoms with Crippen molar-refractivity contribution in [2.45, 2.75) is 6.54 Å². The summed E-state index contributed by atoms with van der Waals surface area (Å²) in [4.78, 5) is 29.2. The Kier molecular flexibility index (Phi) is 6.66. The lowest BCUT2D eigenvalue weighted by molar-refractivity contribution is -0.385. The van der Waals surface area contributed by atoms with Gasteiger partial charge in [0.1, 0.15) is 17.8 Å². The van der Waals surface area contributed by atoms with Crippen LogP contribution in [0.3, 0.4) is 0 Å². The molecule has 0 unspecified atom stereocenters. The molecule has 0 radical (unpaired) electrons. The van der Waals surface area contributed by atoms with Gasteiger partial charge in [0.2, 0.25) is 5.82 Å². The molecule has 1 aromatic carbocycles. The molecule has 0 saturated carbocycles. The molecule has 0 amide bonds. The maximum atomic E-state index is 11.3. The molecular formula is C19H19N7O4. The summed E-state index contributed by atoms with van der Waals surface area (Å²) in [6, 6.07) is 15.3. The van der Waals surface area contributed by atoms with E-state index in [1.54, 1.807) is 0 Å². The summed E-state index contributed by atoms with van der Waals surface area (Å²) >= 11 is 0. The first kappa shape index (κ1) is 20.5. The lowest BCUT2D eigenvalue weighted by Crippen LogP contribution is -2.15. The first-order chi connectivity index (χ1) is 14.5. The number of nitrogens with one attached hydrogen (secondary N) is 3. The molecule has 0 spiro atoms. The lowest BCUT2D eigenvalue weighted by atomic mass is 10.2. The SMILES string of the molecule is O=[N+]([O-])c1ccc(NCCNc2ccc([N+](=O)[O-])c(NCc3ccccc3)n2)nc1. The number of hydrogen-bond donors (Lipinski definition) is 3. The van der Waals surface area contributed by atoms with E-state index < -0.39 is 9.85 Å². The summed E-state index contributed by atoms with van der Waals surface area (Å²) in [7, 11) is 0. The second-order valence-corrected chi connectivity index (χ2v) is 6.17. The highest BCUT2D eigenvalue weighted by Crippen LogP contribution is 2.24. The number of nitrogens with zero attached hydrogens (tertiary/aromatic N) is 4. The van der Waals surface area contributed by atoms with E-state index in [1.165, 1.54) is 30.5 Å². The smallest absolute Gasteiger partial charge is 0.311 e. The van der Waals surface area contributed by atoms with E-state index >= 15 is 0 Å². The maximum absolute atomic E-state index is 11.3. The minimum Gasteiger partial charge on any atom is -0.368 e. The molecule has 0 bridgehead atoms. The normalized spacial score (nSPS) is 10.3. The van der Waals surface area contributed by atoms with Crippen molar-refractivity contribution in [2.24, 2.45) is 0 Å². The predicted molar refractivity (Wildman–Crippen MR) is 113 cm³/mol. The Morgan fingerprint density at radius 3 is 2.13 bits per heavy atom. The fraction of sp³-hybridized carbons (Fsp3) is 0.158. The standard InChI is InChI=1S/C19H19N7O4/c27-25(28)15-6-8-17(22-13-15)20-10-11-21-18-9-7-16(26(29)30)19(24-18)23-12-14-4-2-1-3-5-14/h1-9,13H,10-12H2,(H,20,22)(H2,21,23,24). The van der Waals surface area contributed by atoms with Crippen molar-refractivity contribution in [3.63, 3.8) is 0 Å². The van der Waals surface area contributed by atoms with Crippen LogP contribution in [0.4, 0.5) is 28.8 Å². The van der Waals surface area contributed by atoms with Crippen molar-refractivity contribution >= 4 is 28.8 Å². The van der Waals surface area contributed by atoms with E-state index in [2.05, 4.69) is 25.9 Å². The summed E-state index contributed by atoms with van der Waals surface area (Å²) in [6.07, 6.45) is 1.18. The first-order valence-corrected chi connectivity index (χ1v) is 9.04. The highest BCUT2D eigenvalue weighted by molar-refractivity contribution is 5.60. The Morgan fingerprint density at radius 2 is 1.50 bits per heavy atom. The van der Waals surface area contributed by atoms with Gasteiger partial charge in [-0.05, 0) is 17.7 Å². The number of rotatable bonds is 10. The van der Waals surface area contributed by atoms with Crippen LogP contribution in [0.5, 0.6) is 0 Å². The van der Waals surface area contributed by atoms with Crippen molar-refractivity contribution < 1.29 is 9.85 Å². The van der Waals surface area contributed by atoms with E-state index in [0.717, 1.165) is 5.56 Å². The molecule has 3 aromatic rings. The zero-order valence-electron chi connectivity index (χ0n) is 15.8. The van der Waals surface area contributed by atoms with Crippen molar-refractivity contribution in [3.05, 3.63) is 86.6 Å². The summed E-state index contributed by atoms with van der Waals surface area (Å²) in [6.45, 7) is 1.34. The molecular weight excluding hydrogens is 390 g/mol. The van der Waals surface area contributed by atoms with Gasteiger partial charge < -0.3 is 16.0 Å². The topological polar surface area (TPSA) is 148 Å². The van der Waals surface area contributed by atoms with Gasteiger partial charge in [-0.25, -0.2) is 9.97 Å². The molecule has 0 fully saturated rings. The third-order valence-corrected chi connectivity index (χ3v) is 4.07. The third-order valence-electron chi connectivity index (χ3n) is 4.07. The number of aromatic nitrogens is 2. The third kappa shape index (κ3) is 5.61. The van der Waals surface area contributed by atoms with E-state index in [4.69, 9.17) is 0 Å². The Hall–Kier alpha value is -4.28. The average Bonchev–Trinajstić information content (AvgIpc) is 2.76. The molecule has 3 N–H and O–H groups in total. The molecule has 0 saturated heterocycles. The zero-order chi connectivity index (χ0) is 21.3. The molecule has 0 aliphatic carbocycles. The molecule has 11 nitrogen and oxygen atoms in total. The van der Waals surface area contributed by atoms with Crippen LogP contribution < -0.4 is 16.0 Å². The molecule has 3 rings (SSSR count). The molecule has 0 aliphatic heterocycles. The van der Waals surface area contributed by atoms with Gasteiger partial charge in [-0.2, -0.15) is 0 Å². The summed E-state index contributed by atoms with van der Waals surface area (Å²) in [5.41, 5.74) is 0.792. The second kappa shape index (κ2) is 9.78. The minimum atomic E-state index is -0.512. The van der Waals surface area contributed by atoms with Crippen molar-refractivity contribution in [1.82, 2.24) is 9.97 Å². The van der Waals surface area contributed by atoms with Crippen LogP contribution in [-0.4, -0.2) is 32.9 Å². The molecule has 0 aliphatic rings. The Labute approximate surface area is 171 Å². The van der Waals surface area contributed by atoms with Crippen LogP contribution in [0.25, 0.3) is 0 Å². The van der Waals surface area contributed by atoms with Gasteiger partial charge in [-0.15, -0.1) is 0 Å². The van der Waals surface area contributed by atoms with E-state index in [9.17, 15) is 20.2 Å². The zero-order valence-corrected chi connectivity index (χ0v) is 15.8. The fourth-order valence-corrected chi connectivity index (χ4v) is 2.59. The maximum Gasteiger partial charge on any atom is 0.311 e. The molecule has 2 heterocycles. The summed E-state index contributed by atoms with van der Waals surface area (Å²) < 4.78 is 0. The van der Waals surface area contributed by atoms with Gasteiger partial charge in [-0.3, -0.25) is 20.2 Å². The molecule has 154 valence electrons. The van der Waals surface area contributed by atoms with Crippen LogP contribution in [-0.2, 0) is 6.54 Å². The van der Waals surface area contributed by atoms with Crippen LogP contribution >= 0.6 is 0 Å². The molecule has 11 heteroatoms. The largest absolute Gasteiger partial charge is 0.368 e. The second-order valence-electron chi connectivity index (χ2n) is 6.17. The first-order valence-electron chi connectivity index (χ1n) is 9.04. The Bertz CT molecular complexity index is 1010. The van der Waals surface area contributed by atoms with Crippen molar-refractivity contribution in [3.8, 4) is 0 Å². The van der Waals surface area contributed by atoms with Crippen LogP contribution in [0.2, 0.25) is 0 Å². The molecule has 2 aromatic heterocycles. The molecule has 30 heavy (non-hydrogen) atoms. The number of hydrogen-bond acceptors (Lipinski definition) is 9. The Morgan fingerprint density at radius 1 is 0.800 bits per heavy atom. The number of pyridine rings is 2. The fourth-order valence-electron chi connectivity index (χ4n) is 2.59. The highest BCUT2D eigenvalue weighted by Gasteiger charge is 2.15. The van der Waals surface area contributed by atoms with Gasteiger partial charge in [0.15, 0.2) is 0 Å². The quantitative estimate of drug-likeness (QED) is 0.260. The summed E-state index contributed by atoms with van der Waals surface area (Å²) in [5, 5.41) is 31.0. The van der Waals surface area contributed by atoms with Gasteiger partial charge >= 0.3 is 5.69 Å². The van der Waals surface area contributed by atoms with Crippen LogP contribution in [0, 0.1) is 20.2 Å². The monoisotopic (exact) mass is 409 g/mol.